The first kappa shape index (κ1) is 10.6. The van der Waals surface area contributed by atoms with Gasteiger partial charge in [-0.3, -0.25) is 9.59 Å². The van der Waals surface area contributed by atoms with Crippen LogP contribution in [0.2, 0.25) is 0 Å². The monoisotopic (exact) mass is 219 g/mol. The summed E-state index contributed by atoms with van der Waals surface area (Å²) in [5.74, 6) is -0.173. The van der Waals surface area contributed by atoms with Crippen molar-refractivity contribution in [1.29, 1.82) is 0 Å². The van der Waals surface area contributed by atoms with Crippen LogP contribution in [0.4, 0.5) is 5.69 Å². The van der Waals surface area contributed by atoms with Crippen LogP contribution in [-0.4, -0.2) is 18.4 Å². The molecule has 0 spiro atoms. The van der Waals surface area contributed by atoms with Gasteiger partial charge in [-0.2, -0.15) is 0 Å². The molecule has 0 bridgehead atoms. The summed E-state index contributed by atoms with van der Waals surface area (Å²) in [6, 6.07) is 5.65. The minimum absolute atomic E-state index is 0.00895. The van der Waals surface area contributed by atoms with Crippen molar-refractivity contribution in [1.82, 2.24) is 5.32 Å². The lowest BCUT2D eigenvalue weighted by Crippen LogP contribution is -2.29. The molecule has 5 nitrogen and oxygen atoms in total. The minimum Gasteiger partial charge on any atom is -0.351 e. The first-order chi connectivity index (χ1) is 7.69. The molecule has 0 aliphatic carbocycles. The van der Waals surface area contributed by atoms with Crippen LogP contribution in [-0.2, 0) is 22.6 Å². The highest BCUT2D eigenvalue weighted by molar-refractivity contribution is 5.99. The molecule has 0 atom stereocenters. The molecule has 1 aliphatic heterocycles. The van der Waals surface area contributed by atoms with E-state index in [1.807, 2.05) is 18.2 Å². The van der Waals surface area contributed by atoms with Crippen molar-refractivity contribution in [2.75, 3.05) is 11.9 Å². The van der Waals surface area contributed by atoms with Gasteiger partial charge in [0.15, 0.2) is 0 Å². The van der Waals surface area contributed by atoms with Crippen LogP contribution in [0.5, 0.6) is 0 Å². The number of rotatable bonds is 3. The van der Waals surface area contributed by atoms with E-state index in [2.05, 4.69) is 10.6 Å². The molecule has 0 radical (unpaired) electrons. The Morgan fingerprint density at radius 1 is 1.50 bits per heavy atom. The molecule has 16 heavy (non-hydrogen) atoms. The fraction of sp³-hybridized carbons (Fsp3) is 0.273. The number of anilines is 1. The average molecular weight is 219 g/mol. The second-order valence-electron chi connectivity index (χ2n) is 3.70. The van der Waals surface area contributed by atoms with Gasteiger partial charge in [0, 0.05) is 12.2 Å². The normalized spacial score (nSPS) is 13.2. The molecule has 84 valence electrons. The van der Waals surface area contributed by atoms with Crippen molar-refractivity contribution in [2.45, 2.75) is 13.0 Å². The number of carbonyl (C=O) groups excluding carboxylic acids is 2. The van der Waals surface area contributed by atoms with Crippen LogP contribution in [0.25, 0.3) is 0 Å². The molecular formula is C11H13N3O2. The highest BCUT2D eigenvalue weighted by Gasteiger charge is 2.17. The Labute approximate surface area is 93.0 Å². The molecule has 2 amide bonds. The van der Waals surface area contributed by atoms with Crippen LogP contribution in [0.3, 0.4) is 0 Å². The maximum absolute atomic E-state index is 11.1. The van der Waals surface area contributed by atoms with Gasteiger partial charge in [-0.1, -0.05) is 12.1 Å². The van der Waals surface area contributed by atoms with Crippen molar-refractivity contribution in [3.05, 3.63) is 29.3 Å². The third-order valence-electron chi connectivity index (χ3n) is 2.47. The van der Waals surface area contributed by atoms with Gasteiger partial charge in [0.25, 0.3) is 0 Å². The number of carbonyl (C=O) groups is 2. The molecule has 1 aromatic rings. The lowest BCUT2D eigenvalue weighted by molar-refractivity contribution is -0.120. The number of nitrogens with one attached hydrogen (secondary N) is 2. The number of nitrogens with two attached hydrogens (primary N) is 1. The Morgan fingerprint density at radius 3 is 3.06 bits per heavy atom. The maximum Gasteiger partial charge on any atom is 0.234 e. The molecule has 4 N–H and O–H groups in total. The Bertz CT molecular complexity index is 443. The number of fused-ring (bicyclic) bond motifs is 1. The van der Waals surface area contributed by atoms with E-state index in [0.717, 1.165) is 16.8 Å². The first-order valence-electron chi connectivity index (χ1n) is 5.07. The van der Waals surface area contributed by atoms with Crippen LogP contribution >= 0.6 is 0 Å². The standard InChI is InChI=1S/C11H13N3O2/c12-5-11(16)13-6-7-1-2-9-8(3-7)4-10(15)14-9/h1-3H,4-6,12H2,(H,13,16)(H,14,15). The van der Waals surface area contributed by atoms with Crippen LogP contribution < -0.4 is 16.4 Å². The van der Waals surface area contributed by atoms with E-state index in [1.54, 1.807) is 0 Å². The van der Waals surface area contributed by atoms with Crippen molar-refractivity contribution >= 4 is 17.5 Å². The largest absolute Gasteiger partial charge is 0.351 e. The van der Waals surface area contributed by atoms with Gasteiger partial charge in [-0.15, -0.1) is 0 Å². The summed E-state index contributed by atoms with van der Waals surface area (Å²) in [5.41, 5.74) is 7.98. The van der Waals surface area contributed by atoms with Gasteiger partial charge >= 0.3 is 0 Å². The fourth-order valence-electron chi connectivity index (χ4n) is 1.67. The van der Waals surface area contributed by atoms with Crippen LogP contribution in [0, 0.1) is 0 Å². The summed E-state index contributed by atoms with van der Waals surface area (Å²) >= 11 is 0. The van der Waals surface area contributed by atoms with Crippen molar-refractivity contribution in [3.63, 3.8) is 0 Å². The molecule has 0 saturated carbocycles. The van der Waals surface area contributed by atoms with Crippen molar-refractivity contribution < 1.29 is 9.59 Å². The zero-order chi connectivity index (χ0) is 11.5. The SMILES string of the molecule is NCC(=O)NCc1ccc2c(c1)CC(=O)N2. The Morgan fingerprint density at radius 2 is 2.31 bits per heavy atom. The second kappa shape index (κ2) is 4.32. The molecule has 0 unspecified atom stereocenters. The zero-order valence-corrected chi connectivity index (χ0v) is 8.75. The number of amides is 2. The molecular weight excluding hydrogens is 206 g/mol. The van der Waals surface area contributed by atoms with Gasteiger partial charge < -0.3 is 16.4 Å². The van der Waals surface area contributed by atoms with E-state index in [-0.39, 0.29) is 18.4 Å². The van der Waals surface area contributed by atoms with Crippen LogP contribution in [0.1, 0.15) is 11.1 Å². The predicted molar refractivity (Wildman–Crippen MR) is 59.7 cm³/mol. The zero-order valence-electron chi connectivity index (χ0n) is 8.75. The third-order valence-corrected chi connectivity index (χ3v) is 2.47. The third kappa shape index (κ3) is 2.20. The van der Waals surface area contributed by atoms with E-state index in [0.29, 0.717) is 13.0 Å². The highest BCUT2D eigenvalue weighted by Crippen LogP contribution is 2.23. The van der Waals surface area contributed by atoms with E-state index >= 15 is 0 Å². The van der Waals surface area contributed by atoms with Gasteiger partial charge in [0.2, 0.25) is 11.8 Å². The number of hydrogen-bond donors (Lipinski definition) is 3. The molecule has 1 aromatic carbocycles. The molecule has 1 heterocycles. The fourth-order valence-corrected chi connectivity index (χ4v) is 1.67. The summed E-state index contributed by atoms with van der Waals surface area (Å²) in [7, 11) is 0. The van der Waals surface area contributed by atoms with Gasteiger partial charge in [0.1, 0.15) is 0 Å². The van der Waals surface area contributed by atoms with E-state index in [1.165, 1.54) is 0 Å². The summed E-state index contributed by atoms with van der Waals surface area (Å²) < 4.78 is 0. The second-order valence-corrected chi connectivity index (χ2v) is 3.70. The summed E-state index contributed by atoms with van der Waals surface area (Å²) in [6.45, 7) is 0.433. The smallest absolute Gasteiger partial charge is 0.234 e. The molecule has 0 saturated heterocycles. The Balaban J connectivity index is 2.05. The van der Waals surface area contributed by atoms with E-state index in [4.69, 9.17) is 5.73 Å². The van der Waals surface area contributed by atoms with E-state index in [9.17, 15) is 9.59 Å². The van der Waals surface area contributed by atoms with Gasteiger partial charge in [0.05, 0.1) is 13.0 Å². The predicted octanol–water partition coefficient (Wildman–Crippen LogP) is -0.244. The number of benzene rings is 1. The maximum atomic E-state index is 11.1. The molecule has 0 fully saturated rings. The topological polar surface area (TPSA) is 84.2 Å². The molecule has 2 rings (SSSR count). The Kier molecular flexibility index (Phi) is 2.87. The van der Waals surface area contributed by atoms with Crippen LogP contribution in [0.15, 0.2) is 18.2 Å². The lowest BCUT2D eigenvalue weighted by Gasteiger charge is -2.05. The quantitative estimate of drug-likeness (QED) is 0.655. The highest BCUT2D eigenvalue weighted by atomic mass is 16.2. The first-order valence-corrected chi connectivity index (χ1v) is 5.07. The Hall–Kier alpha value is -1.88. The van der Waals surface area contributed by atoms with E-state index < -0.39 is 0 Å². The van der Waals surface area contributed by atoms with Crippen molar-refractivity contribution in [2.24, 2.45) is 5.73 Å². The van der Waals surface area contributed by atoms with Gasteiger partial charge in [-0.05, 0) is 17.2 Å². The van der Waals surface area contributed by atoms with Gasteiger partial charge in [-0.25, -0.2) is 0 Å². The van der Waals surface area contributed by atoms with Crippen molar-refractivity contribution in [3.8, 4) is 0 Å². The summed E-state index contributed by atoms with van der Waals surface area (Å²) in [6.07, 6.45) is 0.411. The summed E-state index contributed by atoms with van der Waals surface area (Å²) in [4.78, 5) is 22.1. The molecule has 1 aliphatic rings. The number of hydrogen-bond acceptors (Lipinski definition) is 3. The lowest BCUT2D eigenvalue weighted by atomic mass is 10.1. The molecule has 0 aromatic heterocycles. The minimum atomic E-state index is -0.185. The average Bonchev–Trinajstić information content (AvgIpc) is 2.65. The summed E-state index contributed by atoms with van der Waals surface area (Å²) in [5, 5.41) is 5.44. The molecule has 5 heteroatoms.